The number of thioether (sulfide) groups is 1. The SMILES string of the molecule is CSCCC1(OC(=O)O)NC(c2ccc(C(=N)N)cc2)C2C(=O)N(c3ccccc3)C(=O)C21. The molecule has 2 aromatic rings. The molecule has 2 aliphatic rings. The smallest absolute Gasteiger partial charge is 0.450 e. The summed E-state index contributed by atoms with van der Waals surface area (Å²) in [5, 5.41) is 20.3. The van der Waals surface area contributed by atoms with Crippen molar-refractivity contribution in [1.29, 1.82) is 5.41 Å². The first kappa shape index (κ1) is 22.8. The number of rotatable bonds is 7. The first-order chi connectivity index (χ1) is 15.8. The number of anilines is 1. The molecule has 0 radical (unpaired) electrons. The maximum atomic E-state index is 13.6. The Bertz CT molecular complexity index is 1090. The number of nitrogen functional groups attached to an aromatic ring is 1. The normalized spacial score (nSPS) is 26.3. The lowest BCUT2D eigenvalue weighted by Crippen LogP contribution is -2.53. The second-order valence-electron chi connectivity index (χ2n) is 8.01. The topological polar surface area (TPSA) is 146 Å². The van der Waals surface area contributed by atoms with Crippen LogP contribution in [0.15, 0.2) is 54.6 Å². The monoisotopic (exact) mass is 468 g/mol. The minimum atomic E-state index is -1.56. The number of benzene rings is 2. The maximum Gasteiger partial charge on any atom is 0.507 e. The fraction of sp³-hybridized carbons (Fsp3) is 0.304. The molecule has 0 spiro atoms. The van der Waals surface area contributed by atoms with Crippen LogP contribution in [0.2, 0.25) is 0 Å². The number of amidine groups is 1. The van der Waals surface area contributed by atoms with E-state index in [0.717, 1.165) is 4.90 Å². The molecule has 2 aromatic carbocycles. The number of para-hydroxylation sites is 1. The summed E-state index contributed by atoms with van der Waals surface area (Å²) in [6.07, 6.45) is 0.565. The quantitative estimate of drug-likeness (QED) is 0.210. The Kier molecular flexibility index (Phi) is 6.13. The van der Waals surface area contributed by atoms with Gasteiger partial charge in [-0.15, -0.1) is 0 Å². The molecule has 2 fully saturated rings. The van der Waals surface area contributed by atoms with Gasteiger partial charge < -0.3 is 15.6 Å². The molecular weight excluding hydrogens is 444 g/mol. The first-order valence-corrected chi connectivity index (χ1v) is 11.7. The Labute approximate surface area is 194 Å². The minimum absolute atomic E-state index is 0.0929. The van der Waals surface area contributed by atoms with E-state index in [9.17, 15) is 19.5 Å². The molecule has 172 valence electrons. The van der Waals surface area contributed by atoms with Crippen LogP contribution in [-0.4, -0.2) is 46.6 Å². The fourth-order valence-electron chi connectivity index (χ4n) is 4.73. The van der Waals surface area contributed by atoms with Crippen molar-refractivity contribution >= 4 is 41.3 Å². The van der Waals surface area contributed by atoms with Gasteiger partial charge in [0.05, 0.1) is 11.6 Å². The average Bonchev–Trinajstić information content (AvgIpc) is 3.26. The first-order valence-electron chi connectivity index (χ1n) is 10.3. The summed E-state index contributed by atoms with van der Waals surface area (Å²) in [5.74, 6) is -2.36. The van der Waals surface area contributed by atoms with Crippen LogP contribution in [-0.2, 0) is 14.3 Å². The molecule has 4 atom stereocenters. The van der Waals surface area contributed by atoms with Crippen molar-refractivity contribution in [2.45, 2.75) is 18.2 Å². The van der Waals surface area contributed by atoms with Crippen LogP contribution < -0.4 is 16.0 Å². The molecule has 9 nitrogen and oxygen atoms in total. The van der Waals surface area contributed by atoms with Crippen molar-refractivity contribution < 1.29 is 24.2 Å². The van der Waals surface area contributed by atoms with Crippen LogP contribution in [0.4, 0.5) is 10.5 Å². The van der Waals surface area contributed by atoms with Crippen molar-refractivity contribution in [2.24, 2.45) is 17.6 Å². The summed E-state index contributed by atoms with van der Waals surface area (Å²) >= 11 is 1.49. The number of nitrogens with two attached hydrogens (primary N) is 1. The third-order valence-corrected chi connectivity index (χ3v) is 6.77. The van der Waals surface area contributed by atoms with E-state index in [1.165, 1.54) is 11.8 Å². The highest BCUT2D eigenvalue weighted by Crippen LogP contribution is 2.51. The van der Waals surface area contributed by atoms with Crippen LogP contribution in [0.25, 0.3) is 0 Å². The molecule has 2 saturated heterocycles. The van der Waals surface area contributed by atoms with Crippen molar-refractivity contribution in [1.82, 2.24) is 5.32 Å². The molecule has 2 aliphatic heterocycles. The third kappa shape index (κ3) is 3.96. The fourth-order valence-corrected chi connectivity index (χ4v) is 5.24. The summed E-state index contributed by atoms with van der Waals surface area (Å²) in [7, 11) is 0. The Morgan fingerprint density at radius 1 is 1.18 bits per heavy atom. The van der Waals surface area contributed by atoms with Gasteiger partial charge in [0.2, 0.25) is 11.8 Å². The van der Waals surface area contributed by atoms with E-state index in [0.29, 0.717) is 22.6 Å². The largest absolute Gasteiger partial charge is 0.507 e. The Balaban J connectivity index is 1.82. The predicted octanol–water partition coefficient (Wildman–Crippen LogP) is 2.56. The number of nitrogens with zero attached hydrogens (tertiary/aromatic N) is 1. The van der Waals surface area contributed by atoms with Crippen LogP contribution in [0.1, 0.15) is 23.6 Å². The number of ether oxygens (including phenoxy) is 1. The number of amides is 2. The van der Waals surface area contributed by atoms with Gasteiger partial charge in [-0.25, -0.2) is 9.69 Å². The van der Waals surface area contributed by atoms with E-state index in [4.69, 9.17) is 15.9 Å². The number of nitrogens with one attached hydrogen (secondary N) is 2. The van der Waals surface area contributed by atoms with Crippen LogP contribution >= 0.6 is 11.8 Å². The molecule has 0 aliphatic carbocycles. The number of carboxylic acid groups (broad SMARTS) is 1. The summed E-state index contributed by atoms with van der Waals surface area (Å²) in [4.78, 5) is 40.1. The zero-order chi connectivity index (χ0) is 23.8. The van der Waals surface area contributed by atoms with Gasteiger partial charge in [0.25, 0.3) is 0 Å². The van der Waals surface area contributed by atoms with Crippen molar-refractivity contribution in [3.05, 3.63) is 65.7 Å². The summed E-state index contributed by atoms with van der Waals surface area (Å²) < 4.78 is 5.37. The van der Waals surface area contributed by atoms with Crippen molar-refractivity contribution in [2.75, 3.05) is 16.9 Å². The predicted molar refractivity (Wildman–Crippen MR) is 124 cm³/mol. The minimum Gasteiger partial charge on any atom is -0.450 e. The van der Waals surface area contributed by atoms with Crippen LogP contribution in [0.5, 0.6) is 0 Å². The van der Waals surface area contributed by atoms with E-state index < -0.39 is 41.6 Å². The lowest BCUT2D eigenvalue weighted by atomic mass is 9.84. The molecular formula is C23H24N4O5S. The summed E-state index contributed by atoms with van der Waals surface area (Å²) in [5.41, 5.74) is 5.62. The summed E-state index contributed by atoms with van der Waals surface area (Å²) in [6.45, 7) is 0. The summed E-state index contributed by atoms with van der Waals surface area (Å²) in [6, 6.07) is 14.7. The van der Waals surface area contributed by atoms with Gasteiger partial charge in [0.1, 0.15) is 11.8 Å². The van der Waals surface area contributed by atoms with E-state index >= 15 is 0 Å². The highest BCUT2D eigenvalue weighted by Gasteiger charge is 2.67. The molecule has 0 bridgehead atoms. The highest BCUT2D eigenvalue weighted by molar-refractivity contribution is 7.98. The Hall–Kier alpha value is -3.37. The van der Waals surface area contributed by atoms with Crippen LogP contribution in [0.3, 0.4) is 0 Å². The molecule has 33 heavy (non-hydrogen) atoms. The van der Waals surface area contributed by atoms with Crippen molar-refractivity contribution in [3.63, 3.8) is 0 Å². The van der Waals surface area contributed by atoms with Gasteiger partial charge in [-0.3, -0.25) is 20.3 Å². The molecule has 2 heterocycles. The molecule has 5 N–H and O–H groups in total. The molecule has 0 aromatic heterocycles. The lowest BCUT2D eigenvalue weighted by Gasteiger charge is -2.33. The number of hydrogen-bond acceptors (Lipinski definition) is 7. The molecule has 0 saturated carbocycles. The van der Waals surface area contributed by atoms with Crippen molar-refractivity contribution in [3.8, 4) is 0 Å². The number of imide groups is 1. The van der Waals surface area contributed by atoms with Gasteiger partial charge in [-0.1, -0.05) is 42.5 Å². The number of carbonyl (C=O) groups is 3. The third-order valence-electron chi connectivity index (χ3n) is 6.15. The Morgan fingerprint density at radius 3 is 2.42 bits per heavy atom. The molecule has 4 rings (SSSR count). The zero-order valence-electron chi connectivity index (χ0n) is 17.9. The zero-order valence-corrected chi connectivity index (χ0v) is 18.7. The Morgan fingerprint density at radius 2 is 1.85 bits per heavy atom. The van der Waals surface area contributed by atoms with E-state index in [1.54, 1.807) is 54.6 Å². The average molecular weight is 469 g/mol. The van der Waals surface area contributed by atoms with Gasteiger partial charge >= 0.3 is 6.16 Å². The molecule has 2 amide bonds. The van der Waals surface area contributed by atoms with E-state index in [-0.39, 0.29) is 12.3 Å². The molecule has 4 unspecified atom stereocenters. The van der Waals surface area contributed by atoms with Gasteiger partial charge in [-0.2, -0.15) is 11.8 Å². The highest BCUT2D eigenvalue weighted by atomic mass is 32.2. The molecule has 10 heteroatoms. The second-order valence-corrected chi connectivity index (χ2v) is 8.99. The van der Waals surface area contributed by atoms with Crippen LogP contribution in [0, 0.1) is 17.2 Å². The number of fused-ring (bicyclic) bond motifs is 1. The van der Waals surface area contributed by atoms with Gasteiger partial charge in [0.15, 0.2) is 5.72 Å². The lowest BCUT2D eigenvalue weighted by molar-refractivity contribution is -0.131. The maximum absolute atomic E-state index is 13.6. The number of hydrogen-bond donors (Lipinski definition) is 4. The van der Waals surface area contributed by atoms with E-state index in [1.807, 2.05) is 6.26 Å². The standard InChI is InChI=1S/C23H24N4O5S/c1-33-12-11-23(32-22(30)31)17-16(18(26-23)13-7-9-14(10-8-13)19(24)25)20(28)27(21(17)29)15-5-3-2-4-6-15/h2-10,16-18,26H,11-12H2,1H3,(H3,24,25)(H,30,31). The second kappa shape index (κ2) is 8.87. The van der Waals surface area contributed by atoms with E-state index in [2.05, 4.69) is 5.32 Å². The van der Waals surface area contributed by atoms with Gasteiger partial charge in [0, 0.05) is 18.0 Å². The number of carbonyl (C=O) groups excluding carboxylic acids is 2. The van der Waals surface area contributed by atoms with Gasteiger partial charge in [-0.05, 0) is 29.7 Å².